The molecular formula is C14H19Cl2N5O2. The standard InChI is InChI=1S/C14H19Cl2N5O2/c1-18-14(22)19-13(17)21(9-20-5-7-23-8-6-20)12-10(15)3-2-4-11(12)16/h2-4H,5-9H2,1H3,(H3,17,18,19,22). The van der Waals surface area contributed by atoms with Gasteiger partial charge in [-0.25, -0.2) is 4.79 Å². The molecule has 7 nitrogen and oxygen atoms in total. The molecule has 3 N–H and O–H groups in total. The Hall–Kier alpha value is -1.54. The van der Waals surface area contributed by atoms with Crippen LogP contribution in [-0.4, -0.2) is 56.9 Å². The summed E-state index contributed by atoms with van der Waals surface area (Å²) in [5.74, 6) is 0.0193. The van der Waals surface area contributed by atoms with Crippen molar-refractivity contribution < 1.29 is 9.53 Å². The summed E-state index contributed by atoms with van der Waals surface area (Å²) in [6, 6.07) is 4.62. The fraction of sp³-hybridized carbons (Fsp3) is 0.429. The number of aliphatic imine (C=N–C) groups is 1. The van der Waals surface area contributed by atoms with Crippen LogP contribution in [0.25, 0.3) is 0 Å². The number of nitrogens with one attached hydrogen (secondary N) is 1. The average Bonchev–Trinajstić information content (AvgIpc) is 2.54. The molecule has 1 fully saturated rings. The van der Waals surface area contributed by atoms with Gasteiger partial charge in [0.15, 0.2) is 0 Å². The maximum atomic E-state index is 11.5. The summed E-state index contributed by atoms with van der Waals surface area (Å²) in [6.07, 6.45) is 0. The fourth-order valence-electron chi connectivity index (χ4n) is 2.17. The van der Waals surface area contributed by atoms with Gasteiger partial charge in [-0.2, -0.15) is 4.99 Å². The molecule has 23 heavy (non-hydrogen) atoms. The number of hydrogen-bond donors (Lipinski definition) is 2. The van der Waals surface area contributed by atoms with Crippen molar-refractivity contribution in [1.82, 2.24) is 10.2 Å². The maximum absolute atomic E-state index is 11.5. The SMILES string of the molecule is CNC(=O)N=C(N)N(CN1CCOCC1)c1c(Cl)cccc1Cl. The zero-order valence-electron chi connectivity index (χ0n) is 12.8. The number of halogens is 2. The molecule has 1 aromatic rings. The number of morpholine rings is 1. The minimum Gasteiger partial charge on any atom is -0.379 e. The van der Waals surface area contributed by atoms with Crippen molar-refractivity contribution in [2.75, 3.05) is 44.9 Å². The molecule has 9 heteroatoms. The van der Waals surface area contributed by atoms with Crippen LogP contribution in [0.1, 0.15) is 0 Å². The molecule has 0 unspecified atom stereocenters. The molecule has 0 saturated carbocycles. The van der Waals surface area contributed by atoms with Gasteiger partial charge >= 0.3 is 6.03 Å². The Labute approximate surface area is 145 Å². The van der Waals surface area contributed by atoms with Gasteiger partial charge < -0.3 is 15.8 Å². The first-order chi connectivity index (χ1) is 11.0. The van der Waals surface area contributed by atoms with E-state index in [-0.39, 0.29) is 5.96 Å². The number of para-hydroxylation sites is 1. The van der Waals surface area contributed by atoms with E-state index in [2.05, 4.69) is 15.2 Å². The zero-order chi connectivity index (χ0) is 16.8. The van der Waals surface area contributed by atoms with E-state index in [0.717, 1.165) is 13.1 Å². The van der Waals surface area contributed by atoms with Crippen molar-refractivity contribution in [3.8, 4) is 0 Å². The number of nitrogens with two attached hydrogens (primary N) is 1. The van der Waals surface area contributed by atoms with E-state index in [1.165, 1.54) is 7.05 Å². The van der Waals surface area contributed by atoms with Crippen LogP contribution >= 0.6 is 23.2 Å². The molecule has 1 aliphatic heterocycles. The van der Waals surface area contributed by atoms with E-state index in [4.69, 9.17) is 33.7 Å². The van der Waals surface area contributed by atoms with Gasteiger partial charge in [-0.3, -0.25) is 9.80 Å². The van der Waals surface area contributed by atoms with Crippen molar-refractivity contribution in [2.24, 2.45) is 10.7 Å². The molecule has 0 aromatic heterocycles. The van der Waals surface area contributed by atoms with Gasteiger partial charge in [-0.05, 0) is 12.1 Å². The normalized spacial score (nSPS) is 16.2. The third-order valence-corrected chi connectivity index (χ3v) is 3.97. The Bertz CT molecular complexity index is 570. The molecule has 1 saturated heterocycles. The predicted octanol–water partition coefficient (Wildman–Crippen LogP) is 1.74. The number of nitrogens with zero attached hydrogens (tertiary/aromatic N) is 3. The highest BCUT2D eigenvalue weighted by Crippen LogP contribution is 2.33. The monoisotopic (exact) mass is 359 g/mol. The van der Waals surface area contributed by atoms with Crippen LogP contribution in [0.3, 0.4) is 0 Å². The summed E-state index contributed by atoms with van der Waals surface area (Å²) in [5.41, 5.74) is 6.54. The van der Waals surface area contributed by atoms with Gasteiger partial charge in [0.05, 0.1) is 35.6 Å². The summed E-state index contributed by atoms with van der Waals surface area (Å²) in [7, 11) is 1.48. The summed E-state index contributed by atoms with van der Waals surface area (Å²) in [6.45, 7) is 3.16. The first kappa shape index (κ1) is 17.8. The maximum Gasteiger partial charge on any atom is 0.343 e. The highest BCUT2D eigenvalue weighted by molar-refractivity contribution is 6.40. The van der Waals surface area contributed by atoms with Gasteiger partial charge in [0.2, 0.25) is 5.96 Å². The molecule has 1 aliphatic rings. The predicted molar refractivity (Wildman–Crippen MR) is 92.3 cm³/mol. The van der Waals surface area contributed by atoms with Gasteiger partial charge in [0.25, 0.3) is 0 Å². The van der Waals surface area contributed by atoms with E-state index in [9.17, 15) is 4.79 Å². The van der Waals surface area contributed by atoms with E-state index >= 15 is 0 Å². The molecule has 0 atom stereocenters. The number of urea groups is 1. The number of carbonyl (C=O) groups excluding carboxylic acids is 1. The van der Waals surface area contributed by atoms with Crippen LogP contribution < -0.4 is 16.0 Å². The number of anilines is 1. The molecule has 0 spiro atoms. The average molecular weight is 360 g/mol. The zero-order valence-corrected chi connectivity index (χ0v) is 14.3. The second-order valence-corrected chi connectivity index (χ2v) is 5.71. The molecule has 126 valence electrons. The Balaban J connectivity index is 2.34. The van der Waals surface area contributed by atoms with Crippen LogP contribution in [0.2, 0.25) is 10.0 Å². The lowest BCUT2D eigenvalue weighted by atomic mass is 10.3. The largest absolute Gasteiger partial charge is 0.379 e. The Kier molecular flexibility index (Phi) is 6.47. The number of ether oxygens (including phenoxy) is 1. The van der Waals surface area contributed by atoms with Crippen LogP contribution in [0, 0.1) is 0 Å². The van der Waals surface area contributed by atoms with Gasteiger partial charge in [0, 0.05) is 20.1 Å². The van der Waals surface area contributed by atoms with Crippen LogP contribution in [0.4, 0.5) is 10.5 Å². The Morgan fingerprint density at radius 1 is 1.39 bits per heavy atom. The molecule has 1 heterocycles. The number of guanidine groups is 1. The molecule has 0 bridgehead atoms. The van der Waals surface area contributed by atoms with Gasteiger partial charge in [0.1, 0.15) is 0 Å². The van der Waals surface area contributed by atoms with E-state index < -0.39 is 6.03 Å². The number of amides is 2. The van der Waals surface area contributed by atoms with E-state index in [1.54, 1.807) is 23.1 Å². The van der Waals surface area contributed by atoms with Crippen molar-refractivity contribution in [3.63, 3.8) is 0 Å². The molecule has 2 rings (SSSR count). The number of rotatable bonds is 3. The van der Waals surface area contributed by atoms with Crippen LogP contribution in [0.15, 0.2) is 23.2 Å². The van der Waals surface area contributed by atoms with E-state index in [0.29, 0.717) is 35.6 Å². The molecule has 2 amide bonds. The summed E-state index contributed by atoms with van der Waals surface area (Å²) < 4.78 is 5.34. The fourth-order valence-corrected chi connectivity index (χ4v) is 2.77. The van der Waals surface area contributed by atoms with Crippen LogP contribution in [0.5, 0.6) is 0 Å². The lowest BCUT2D eigenvalue weighted by Crippen LogP contribution is -2.49. The number of benzene rings is 1. The van der Waals surface area contributed by atoms with Crippen molar-refractivity contribution in [2.45, 2.75) is 0 Å². The van der Waals surface area contributed by atoms with Crippen LogP contribution in [-0.2, 0) is 4.74 Å². The van der Waals surface area contributed by atoms with Crippen molar-refractivity contribution >= 4 is 40.9 Å². The van der Waals surface area contributed by atoms with Gasteiger partial charge in [-0.15, -0.1) is 0 Å². The Morgan fingerprint density at radius 2 is 2.00 bits per heavy atom. The highest BCUT2D eigenvalue weighted by atomic mass is 35.5. The summed E-state index contributed by atoms with van der Waals surface area (Å²) in [4.78, 5) is 19.1. The number of carbonyl (C=O) groups is 1. The van der Waals surface area contributed by atoms with E-state index in [1.807, 2.05) is 0 Å². The Morgan fingerprint density at radius 3 is 2.57 bits per heavy atom. The van der Waals surface area contributed by atoms with Gasteiger partial charge in [-0.1, -0.05) is 29.3 Å². The molecular weight excluding hydrogens is 341 g/mol. The first-order valence-electron chi connectivity index (χ1n) is 7.10. The second-order valence-electron chi connectivity index (χ2n) is 4.90. The topological polar surface area (TPSA) is 83.2 Å². The third kappa shape index (κ3) is 4.71. The smallest absolute Gasteiger partial charge is 0.343 e. The second kappa shape index (κ2) is 8.35. The first-order valence-corrected chi connectivity index (χ1v) is 7.86. The number of hydrogen-bond acceptors (Lipinski definition) is 3. The molecule has 0 radical (unpaired) electrons. The minimum absolute atomic E-state index is 0.0193. The summed E-state index contributed by atoms with van der Waals surface area (Å²) >= 11 is 12.6. The quantitative estimate of drug-likeness (QED) is 0.634. The molecule has 0 aliphatic carbocycles. The van der Waals surface area contributed by atoms with Crippen molar-refractivity contribution in [1.29, 1.82) is 0 Å². The summed E-state index contributed by atoms with van der Waals surface area (Å²) in [5, 5.41) is 3.27. The molecule has 1 aromatic carbocycles. The van der Waals surface area contributed by atoms with Crippen molar-refractivity contribution in [3.05, 3.63) is 28.2 Å². The third-order valence-electron chi connectivity index (χ3n) is 3.36. The lowest BCUT2D eigenvalue weighted by Gasteiger charge is -2.34. The minimum atomic E-state index is -0.544. The lowest BCUT2D eigenvalue weighted by molar-refractivity contribution is 0.0394. The highest BCUT2D eigenvalue weighted by Gasteiger charge is 2.22.